The molecule has 1 N–H and O–H groups in total. The lowest BCUT2D eigenvalue weighted by Gasteiger charge is -2.11. The van der Waals surface area contributed by atoms with Gasteiger partial charge in [-0.05, 0) is 31.6 Å². The van der Waals surface area contributed by atoms with E-state index in [0.717, 1.165) is 24.3 Å². The molecule has 0 aromatic heterocycles. The highest BCUT2D eigenvalue weighted by atomic mass is 16.4. The van der Waals surface area contributed by atoms with Crippen LogP contribution in [0.3, 0.4) is 0 Å². The molecule has 1 fully saturated rings. The molecule has 0 spiro atoms. The minimum atomic E-state index is -0.783. The summed E-state index contributed by atoms with van der Waals surface area (Å²) in [5, 5.41) is 8.65. The molecule has 2 heteroatoms. The zero-order chi connectivity index (χ0) is 10.4. The van der Waals surface area contributed by atoms with Crippen molar-refractivity contribution < 1.29 is 9.90 Å². The highest BCUT2D eigenvalue weighted by Crippen LogP contribution is 2.29. The monoisotopic (exact) mass is 196 g/mol. The Morgan fingerprint density at radius 1 is 1.50 bits per heavy atom. The third kappa shape index (κ3) is 3.95. The van der Waals surface area contributed by atoms with Crippen LogP contribution in [0.2, 0.25) is 0 Å². The van der Waals surface area contributed by atoms with Crippen molar-refractivity contribution in [2.24, 2.45) is 5.92 Å². The highest BCUT2D eigenvalue weighted by molar-refractivity contribution is 5.80. The van der Waals surface area contributed by atoms with Gasteiger partial charge in [0, 0.05) is 6.08 Å². The lowest BCUT2D eigenvalue weighted by Crippen LogP contribution is -1.97. The summed E-state index contributed by atoms with van der Waals surface area (Å²) in [5.74, 6) is 0.0497. The maximum Gasteiger partial charge on any atom is 0.328 e. The van der Waals surface area contributed by atoms with Gasteiger partial charge in [-0.1, -0.05) is 31.8 Å². The lowest BCUT2D eigenvalue weighted by atomic mass is 9.95. The van der Waals surface area contributed by atoms with Crippen molar-refractivity contribution in [3.8, 4) is 0 Å². The zero-order valence-corrected chi connectivity index (χ0v) is 8.96. The van der Waals surface area contributed by atoms with Crippen molar-refractivity contribution in [3.05, 3.63) is 11.6 Å². The third-order valence-corrected chi connectivity index (χ3v) is 3.01. The number of hydrogen-bond donors (Lipinski definition) is 1. The van der Waals surface area contributed by atoms with E-state index in [2.05, 4.69) is 6.92 Å². The molecule has 0 radical (unpaired) electrons. The Bertz CT molecular complexity index is 218. The topological polar surface area (TPSA) is 37.3 Å². The van der Waals surface area contributed by atoms with Crippen molar-refractivity contribution >= 4 is 5.97 Å². The summed E-state index contributed by atoms with van der Waals surface area (Å²) in [4.78, 5) is 10.5. The fraction of sp³-hybridized carbons (Fsp3) is 0.750. The van der Waals surface area contributed by atoms with E-state index >= 15 is 0 Å². The van der Waals surface area contributed by atoms with Crippen LogP contribution >= 0.6 is 0 Å². The quantitative estimate of drug-likeness (QED) is 0.555. The standard InChI is InChI=1S/C12H20O2/c1-2-4-10-5-3-6-11(8-7-10)9-12(13)14/h9-10H,2-8H2,1H3,(H,13,14). The molecule has 80 valence electrons. The smallest absolute Gasteiger partial charge is 0.328 e. The van der Waals surface area contributed by atoms with Crippen LogP contribution in [-0.2, 0) is 4.79 Å². The Kier molecular flexibility index (Phi) is 4.71. The predicted molar refractivity (Wildman–Crippen MR) is 57.2 cm³/mol. The largest absolute Gasteiger partial charge is 0.478 e. The van der Waals surface area contributed by atoms with E-state index in [4.69, 9.17) is 5.11 Å². The first-order valence-corrected chi connectivity index (χ1v) is 5.64. The van der Waals surface area contributed by atoms with Crippen LogP contribution in [0.5, 0.6) is 0 Å². The first-order valence-electron chi connectivity index (χ1n) is 5.64. The summed E-state index contributed by atoms with van der Waals surface area (Å²) in [6.45, 7) is 2.22. The van der Waals surface area contributed by atoms with Crippen molar-refractivity contribution in [3.63, 3.8) is 0 Å². The van der Waals surface area contributed by atoms with E-state index in [-0.39, 0.29) is 0 Å². The Morgan fingerprint density at radius 3 is 2.93 bits per heavy atom. The highest BCUT2D eigenvalue weighted by Gasteiger charge is 2.14. The fourth-order valence-corrected chi connectivity index (χ4v) is 2.29. The summed E-state index contributed by atoms with van der Waals surface area (Å²) < 4.78 is 0. The summed E-state index contributed by atoms with van der Waals surface area (Å²) in [7, 11) is 0. The molecule has 1 unspecified atom stereocenters. The van der Waals surface area contributed by atoms with E-state index in [1.807, 2.05) is 0 Å². The average Bonchev–Trinajstić information content (AvgIpc) is 2.31. The normalized spacial score (nSPS) is 26.1. The van der Waals surface area contributed by atoms with Crippen molar-refractivity contribution in [2.75, 3.05) is 0 Å². The minimum Gasteiger partial charge on any atom is -0.478 e. The number of allylic oxidation sites excluding steroid dienone is 1. The van der Waals surface area contributed by atoms with Gasteiger partial charge in [0.15, 0.2) is 0 Å². The van der Waals surface area contributed by atoms with Crippen LogP contribution in [0, 0.1) is 5.92 Å². The second-order valence-electron chi connectivity index (χ2n) is 4.23. The molecule has 1 rings (SSSR count). The van der Waals surface area contributed by atoms with Crippen LogP contribution < -0.4 is 0 Å². The van der Waals surface area contributed by atoms with E-state index in [1.165, 1.54) is 38.2 Å². The van der Waals surface area contributed by atoms with Crippen molar-refractivity contribution in [2.45, 2.75) is 51.9 Å². The van der Waals surface area contributed by atoms with Gasteiger partial charge in [-0.2, -0.15) is 0 Å². The molecule has 0 aromatic carbocycles. The van der Waals surface area contributed by atoms with Crippen LogP contribution in [0.25, 0.3) is 0 Å². The molecule has 1 saturated carbocycles. The van der Waals surface area contributed by atoms with E-state index < -0.39 is 5.97 Å². The van der Waals surface area contributed by atoms with Gasteiger partial charge in [0.2, 0.25) is 0 Å². The molecule has 1 aliphatic carbocycles. The van der Waals surface area contributed by atoms with E-state index in [1.54, 1.807) is 0 Å². The number of carboxylic acid groups (broad SMARTS) is 1. The van der Waals surface area contributed by atoms with Crippen LogP contribution in [0.15, 0.2) is 11.6 Å². The first-order chi connectivity index (χ1) is 6.72. The molecule has 1 atom stereocenters. The Labute approximate surface area is 86.0 Å². The number of carbonyl (C=O) groups is 1. The van der Waals surface area contributed by atoms with Crippen LogP contribution in [-0.4, -0.2) is 11.1 Å². The molecule has 2 nitrogen and oxygen atoms in total. The SMILES string of the molecule is CCCC1CCCC(=CC(=O)O)CC1. The maximum absolute atomic E-state index is 10.5. The van der Waals surface area contributed by atoms with Crippen LogP contribution in [0.4, 0.5) is 0 Å². The lowest BCUT2D eigenvalue weighted by molar-refractivity contribution is -0.131. The van der Waals surface area contributed by atoms with Gasteiger partial charge in [0.25, 0.3) is 0 Å². The molecule has 0 aromatic rings. The molecule has 0 heterocycles. The first kappa shape index (κ1) is 11.3. The van der Waals surface area contributed by atoms with E-state index in [9.17, 15) is 4.79 Å². The average molecular weight is 196 g/mol. The van der Waals surface area contributed by atoms with Gasteiger partial charge < -0.3 is 5.11 Å². The number of carboxylic acids is 1. The minimum absolute atomic E-state index is 0.783. The van der Waals surface area contributed by atoms with Crippen molar-refractivity contribution in [1.82, 2.24) is 0 Å². The summed E-state index contributed by atoms with van der Waals surface area (Å²) >= 11 is 0. The second-order valence-corrected chi connectivity index (χ2v) is 4.23. The van der Waals surface area contributed by atoms with Gasteiger partial charge in [0.05, 0.1) is 0 Å². The molecular formula is C12H20O2. The second kappa shape index (κ2) is 5.84. The van der Waals surface area contributed by atoms with Crippen molar-refractivity contribution in [1.29, 1.82) is 0 Å². The van der Waals surface area contributed by atoms with Gasteiger partial charge >= 0.3 is 5.97 Å². The molecule has 0 aliphatic heterocycles. The molecular weight excluding hydrogens is 176 g/mol. The van der Waals surface area contributed by atoms with Gasteiger partial charge in [-0.15, -0.1) is 0 Å². The van der Waals surface area contributed by atoms with Gasteiger partial charge in [0.1, 0.15) is 0 Å². The summed E-state index contributed by atoms with van der Waals surface area (Å²) in [6, 6.07) is 0. The molecule has 0 bridgehead atoms. The Hall–Kier alpha value is -0.790. The van der Waals surface area contributed by atoms with Gasteiger partial charge in [-0.25, -0.2) is 4.79 Å². The summed E-state index contributed by atoms with van der Waals surface area (Å²) in [6.07, 6.45) is 9.60. The molecule has 14 heavy (non-hydrogen) atoms. The number of rotatable bonds is 3. The fourth-order valence-electron chi connectivity index (χ4n) is 2.29. The molecule has 1 aliphatic rings. The predicted octanol–water partition coefficient (Wildman–Crippen LogP) is 3.38. The van der Waals surface area contributed by atoms with E-state index in [0.29, 0.717) is 0 Å². The third-order valence-electron chi connectivity index (χ3n) is 3.01. The summed E-state index contributed by atoms with van der Waals surface area (Å²) in [5.41, 5.74) is 1.14. The number of hydrogen-bond acceptors (Lipinski definition) is 1. The molecule has 0 saturated heterocycles. The number of aliphatic carboxylic acids is 1. The maximum atomic E-state index is 10.5. The Balaban J connectivity index is 2.44. The molecule has 0 amide bonds. The zero-order valence-electron chi connectivity index (χ0n) is 8.96. The van der Waals surface area contributed by atoms with Crippen LogP contribution in [0.1, 0.15) is 51.9 Å². The van der Waals surface area contributed by atoms with Gasteiger partial charge in [-0.3, -0.25) is 0 Å². The Morgan fingerprint density at radius 2 is 2.29 bits per heavy atom.